The van der Waals surface area contributed by atoms with Gasteiger partial charge < -0.3 is 33.8 Å². The molecule has 0 radical (unpaired) electrons. The molecule has 3 fully saturated rings. The molecule has 8 nitrogen and oxygen atoms in total. The Balaban J connectivity index is 1.31. The zero-order valence-electron chi connectivity index (χ0n) is 24.0. The smallest absolute Gasteiger partial charge is 0.410 e. The minimum atomic E-state index is -0.113. The van der Waals surface area contributed by atoms with Crippen LogP contribution in [0.3, 0.4) is 0 Å². The predicted molar refractivity (Wildman–Crippen MR) is 152 cm³/mol. The Labute approximate surface area is 230 Å². The average Bonchev–Trinajstić information content (AvgIpc) is 2.96. The summed E-state index contributed by atoms with van der Waals surface area (Å²) in [6.07, 6.45) is 5.44. The number of piperidine rings is 2. The number of hydrogen-bond acceptors (Lipinski definition) is 7. The van der Waals surface area contributed by atoms with E-state index in [1.165, 1.54) is 24.1 Å². The molecule has 214 valence electrons. The van der Waals surface area contributed by atoms with Gasteiger partial charge in [0.25, 0.3) is 0 Å². The number of methoxy groups -OCH3 is 2. The Bertz CT molecular complexity index is 814. The first-order chi connectivity index (χ1) is 18.6. The molecule has 8 heteroatoms. The number of piperazine rings is 1. The number of anilines is 1. The summed E-state index contributed by atoms with van der Waals surface area (Å²) in [4.78, 5) is 22.7. The molecule has 1 unspecified atom stereocenters. The molecule has 3 saturated heterocycles. The van der Waals surface area contributed by atoms with Crippen LogP contribution in [0.1, 0.15) is 37.7 Å². The van der Waals surface area contributed by atoms with Crippen molar-refractivity contribution in [3.05, 3.63) is 29.8 Å². The van der Waals surface area contributed by atoms with Gasteiger partial charge in [-0.3, -0.25) is 0 Å². The highest BCUT2D eigenvalue weighted by Gasteiger charge is 2.34. The first-order valence-electron chi connectivity index (χ1n) is 14.8. The van der Waals surface area contributed by atoms with Crippen molar-refractivity contribution in [3.63, 3.8) is 0 Å². The van der Waals surface area contributed by atoms with Crippen molar-refractivity contribution < 1.29 is 19.0 Å². The molecule has 1 atom stereocenters. The van der Waals surface area contributed by atoms with Crippen LogP contribution in [-0.4, -0.2) is 120 Å². The van der Waals surface area contributed by atoms with E-state index < -0.39 is 0 Å². The largest absolute Gasteiger partial charge is 0.446 e. The van der Waals surface area contributed by atoms with Crippen molar-refractivity contribution in [1.29, 1.82) is 0 Å². The quantitative estimate of drug-likeness (QED) is 0.432. The van der Waals surface area contributed by atoms with E-state index >= 15 is 0 Å². The Kier molecular flexibility index (Phi) is 11.5. The maximum atomic E-state index is 13.4. The number of ether oxygens (including phenoxy) is 3. The van der Waals surface area contributed by atoms with E-state index in [0.717, 1.165) is 84.8 Å². The lowest BCUT2D eigenvalue weighted by Crippen LogP contribution is -2.50. The summed E-state index contributed by atoms with van der Waals surface area (Å²) in [6.45, 7) is 13.2. The summed E-state index contributed by atoms with van der Waals surface area (Å²) in [7, 11) is 3.54. The second-order valence-electron chi connectivity index (χ2n) is 11.4. The van der Waals surface area contributed by atoms with Gasteiger partial charge in [-0.05, 0) is 89.2 Å². The summed E-state index contributed by atoms with van der Waals surface area (Å²) >= 11 is 0. The van der Waals surface area contributed by atoms with Crippen LogP contribution in [0, 0.1) is 18.8 Å². The first-order valence-corrected chi connectivity index (χ1v) is 14.8. The van der Waals surface area contributed by atoms with E-state index in [0.29, 0.717) is 24.9 Å². The van der Waals surface area contributed by atoms with Crippen molar-refractivity contribution in [2.24, 2.45) is 11.8 Å². The fourth-order valence-corrected chi connectivity index (χ4v) is 6.21. The van der Waals surface area contributed by atoms with Gasteiger partial charge in [0.2, 0.25) is 0 Å². The average molecular weight is 531 g/mol. The van der Waals surface area contributed by atoms with E-state index in [-0.39, 0.29) is 12.2 Å². The van der Waals surface area contributed by atoms with Gasteiger partial charge in [0.05, 0.1) is 13.2 Å². The molecule has 0 aliphatic carbocycles. The number of benzene rings is 1. The summed E-state index contributed by atoms with van der Waals surface area (Å²) in [5.41, 5.74) is 2.51. The summed E-state index contributed by atoms with van der Waals surface area (Å²) in [6, 6.07) is 8.67. The number of aryl methyl sites for hydroxylation is 1. The van der Waals surface area contributed by atoms with Crippen molar-refractivity contribution >= 4 is 11.8 Å². The van der Waals surface area contributed by atoms with Gasteiger partial charge in [0.15, 0.2) is 0 Å². The maximum absolute atomic E-state index is 13.4. The third kappa shape index (κ3) is 8.57. The van der Waals surface area contributed by atoms with E-state index in [2.05, 4.69) is 45.9 Å². The fourth-order valence-electron chi connectivity index (χ4n) is 6.21. The van der Waals surface area contributed by atoms with Crippen molar-refractivity contribution in [2.45, 2.75) is 45.1 Å². The molecule has 0 aromatic heterocycles. The number of carbonyl (C=O) groups is 1. The molecule has 0 saturated carbocycles. The van der Waals surface area contributed by atoms with Gasteiger partial charge in [-0.15, -0.1) is 0 Å². The van der Waals surface area contributed by atoms with Crippen LogP contribution in [0.25, 0.3) is 0 Å². The second kappa shape index (κ2) is 15.1. The monoisotopic (exact) mass is 530 g/mol. The number of rotatable bonds is 11. The lowest BCUT2D eigenvalue weighted by Gasteiger charge is -2.40. The molecule has 4 rings (SSSR count). The maximum Gasteiger partial charge on any atom is 0.410 e. The second-order valence-corrected chi connectivity index (χ2v) is 11.4. The highest BCUT2D eigenvalue weighted by atomic mass is 16.6. The zero-order chi connectivity index (χ0) is 26.7. The first kappa shape index (κ1) is 29.1. The Morgan fingerprint density at radius 2 is 1.37 bits per heavy atom. The van der Waals surface area contributed by atoms with Gasteiger partial charge in [-0.2, -0.15) is 0 Å². The third-order valence-electron chi connectivity index (χ3n) is 8.84. The molecule has 38 heavy (non-hydrogen) atoms. The number of nitrogens with zero attached hydrogens (tertiary/aromatic N) is 4. The summed E-state index contributed by atoms with van der Waals surface area (Å²) in [5.74, 6) is 1.06. The molecular weight excluding hydrogens is 480 g/mol. The molecule has 3 heterocycles. The zero-order valence-corrected chi connectivity index (χ0v) is 24.0. The predicted octanol–water partition coefficient (Wildman–Crippen LogP) is 3.73. The van der Waals surface area contributed by atoms with Crippen molar-refractivity contribution in [2.75, 3.05) is 97.8 Å². The number of carbonyl (C=O) groups excluding carboxylic acids is 1. The van der Waals surface area contributed by atoms with Crippen LogP contribution >= 0.6 is 0 Å². The SMILES string of the molecule is COCCN1CCC(CC(OC(=O)N2CCN(c3ccc(C)cc3)CC2)C2CCN(CCOC)CC2)CC1. The van der Waals surface area contributed by atoms with E-state index in [9.17, 15) is 4.79 Å². The fraction of sp³-hybridized carbons (Fsp3) is 0.767. The van der Waals surface area contributed by atoms with Crippen LogP contribution in [0.15, 0.2) is 24.3 Å². The Morgan fingerprint density at radius 1 is 0.816 bits per heavy atom. The molecular formula is C30H50N4O4. The molecule has 0 spiro atoms. The minimum Gasteiger partial charge on any atom is -0.446 e. The van der Waals surface area contributed by atoms with Crippen LogP contribution in [0.4, 0.5) is 10.5 Å². The van der Waals surface area contributed by atoms with Crippen molar-refractivity contribution in [1.82, 2.24) is 14.7 Å². The molecule has 1 aromatic carbocycles. The van der Waals surface area contributed by atoms with Gasteiger partial charge >= 0.3 is 6.09 Å². The van der Waals surface area contributed by atoms with Gasteiger partial charge in [-0.1, -0.05) is 17.7 Å². The number of amides is 1. The van der Waals surface area contributed by atoms with Crippen LogP contribution in [-0.2, 0) is 14.2 Å². The summed E-state index contributed by atoms with van der Waals surface area (Å²) < 4.78 is 16.9. The topological polar surface area (TPSA) is 57.7 Å². The van der Waals surface area contributed by atoms with E-state index in [1.807, 2.05) is 4.90 Å². The number of hydrogen-bond donors (Lipinski definition) is 0. The lowest BCUT2D eigenvalue weighted by atomic mass is 9.83. The molecule has 1 amide bonds. The van der Waals surface area contributed by atoms with Crippen LogP contribution < -0.4 is 4.90 Å². The standard InChI is InChI=1S/C30H50N4O4/c1-25-4-6-28(7-5-25)33-16-18-34(19-17-33)30(35)38-29(27-10-14-32(15-11-27)21-23-37-3)24-26-8-12-31(13-9-26)20-22-36-2/h4-7,26-27,29H,8-24H2,1-3H3. The molecule has 0 N–H and O–H groups in total. The lowest BCUT2D eigenvalue weighted by molar-refractivity contribution is -0.00578. The summed E-state index contributed by atoms with van der Waals surface area (Å²) in [5, 5.41) is 0. The minimum absolute atomic E-state index is 0.0118. The van der Waals surface area contributed by atoms with Gasteiger partial charge in [0, 0.05) is 59.2 Å². The highest BCUT2D eigenvalue weighted by Crippen LogP contribution is 2.31. The molecule has 0 bridgehead atoms. The van der Waals surface area contributed by atoms with Crippen molar-refractivity contribution in [3.8, 4) is 0 Å². The third-order valence-corrected chi connectivity index (χ3v) is 8.84. The van der Waals surface area contributed by atoms with Crippen LogP contribution in [0.2, 0.25) is 0 Å². The normalized spacial score (nSPS) is 21.6. The van der Waals surface area contributed by atoms with Gasteiger partial charge in [-0.25, -0.2) is 4.79 Å². The molecule has 1 aromatic rings. The van der Waals surface area contributed by atoms with E-state index in [1.54, 1.807) is 14.2 Å². The Hall–Kier alpha value is -1.87. The number of likely N-dealkylation sites (tertiary alicyclic amines) is 2. The van der Waals surface area contributed by atoms with Gasteiger partial charge in [0.1, 0.15) is 6.10 Å². The van der Waals surface area contributed by atoms with E-state index in [4.69, 9.17) is 14.2 Å². The highest BCUT2D eigenvalue weighted by molar-refractivity contribution is 5.68. The van der Waals surface area contributed by atoms with Crippen LogP contribution in [0.5, 0.6) is 0 Å². The molecule has 3 aliphatic heterocycles. The Morgan fingerprint density at radius 3 is 1.92 bits per heavy atom. The molecule has 3 aliphatic rings.